The summed E-state index contributed by atoms with van der Waals surface area (Å²) in [7, 11) is 5.85. The molecule has 1 aromatic carbocycles. The van der Waals surface area contributed by atoms with Crippen LogP contribution >= 0.6 is 0 Å². The standard InChI is InChI=1S/C17H27NO2/c1-18(2)16(13-17(19)11-5-4-6-12-17)14-7-9-15(20-3)10-8-14/h7-10,16,19H,4-6,11-13H2,1-3H3/t16-/m0/s1. The van der Waals surface area contributed by atoms with Gasteiger partial charge in [0.25, 0.3) is 0 Å². The Labute approximate surface area is 122 Å². The SMILES string of the molecule is COc1ccc([C@H](CC2(O)CCCCC2)N(C)C)cc1. The Kier molecular flexibility index (Phi) is 5.06. The van der Waals surface area contributed by atoms with Crippen molar-refractivity contribution in [1.82, 2.24) is 4.90 Å². The molecule has 3 nitrogen and oxygen atoms in total. The number of hydrogen-bond donors (Lipinski definition) is 1. The molecule has 1 N–H and O–H groups in total. The Balaban J connectivity index is 2.13. The van der Waals surface area contributed by atoms with Crippen molar-refractivity contribution in [2.24, 2.45) is 0 Å². The zero-order valence-electron chi connectivity index (χ0n) is 12.9. The van der Waals surface area contributed by atoms with Gasteiger partial charge >= 0.3 is 0 Å². The Morgan fingerprint density at radius 1 is 1.15 bits per heavy atom. The van der Waals surface area contributed by atoms with E-state index < -0.39 is 5.60 Å². The van der Waals surface area contributed by atoms with Gasteiger partial charge in [-0.1, -0.05) is 31.4 Å². The molecule has 1 saturated carbocycles. The Morgan fingerprint density at radius 3 is 2.25 bits per heavy atom. The fourth-order valence-corrected chi connectivity index (χ4v) is 3.20. The van der Waals surface area contributed by atoms with Gasteiger partial charge < -0.3 is 14.7 Å². The molecule has 0 heterocycles. The van der Waals surface area contributed by atoms with E-state index >= 15 is 0 Å². The van der Waals surface area contributed by atoms with Crippen LogP contribution in [-0.2, 0) is 0 Å². The van der Waals surface area contributed by atoms with Gasteiger partial charge in [-0.05, 0) is 51.1 Å². The van der Waals surface area contributed by atoms with Crippen LogP contribution in [-0.4, -0.2) is 36.8 Å². The van der Waals surface area contributed by atoms with Gasteiger partial charge in [-0.25, -0.2) is 0 Å². The minimum Gasteiger partial charge on any atom is -0.497 e. The van der Waals surface area contributed by atoms with Crippen LogP contribution in [0, 0.1) is 0 Å². The van der Waals surface area contributed by atoms with Gasteiger partial charge in [-0.2, -0.15) is 0 Å². The third-order valence-electron chi connectivity index (χ3n) is 4.48. The normalized spacial score (nSPS) is 19.9. The van der Waals surface area contributed by atoms with Crippen molar-refractivity contribution >= 4 is 0 Å². The van der Waals surface area contributed by atoms with E-state index in [2.05, 4.69) is 31.1 Å². The van der Waals surface area contributed by atoms with Gasteiger partial charge in [0, 0.05) is 6.04 Å². The number of aliphatic hydroxyl groups is 1. The Hall–Kier alpha value is -1.06. The van der Waals surface area contributed by atoms with E-state index in [9.17, 15) is 5.11 Å². The molecule has 20 heavy (non-hydrogen) atoms. The summed E-state index contributed by atoms with van der Waals surface area (Å²) in [6, 6.07) is 8.46. The summed E-state index contributed by atoms with van der Waals surface area (Å²) in [5.41, 5.74) is 0.752. The zero-order valence-corrected chi connectivity index (χ0v) is 12.9. The summed E-state index contributed by atoms with van der Waals surface area (Å²) < 4.78 is 5.22. The van der Waals surface area contributed by atoms with E-state index in [1.165, 1.54) is 12.0 Å². The molecule has 1 aliphatic carbocycles. The monoisotopic (exact) mass is 277 g/mol. The van der Waals surface area contributed by atoms with E-state index in [0.29, 0.717) is 0 Å². The van der Waals surface area contributed by atoms with Crippen molar-refractivity contribution in [3.63, 3.8) is 0 Å². The molecule has 0 spiro atoms. The first-order valence-corrected chi connectivity index (χ1v) is 7.57. The smallest absolute Gasteiger partial charge is 0.118 e. The molecule has 0 aliphatic heterocycles. The van der Waals surface area contributed by atoms with E-state index in [1.807, 2.05) is 12.1 Å². The van der Waals surface area contributed by atoms with Crippen molar-refractivity contribution in [2.75, 3.05) is 21.2 Å². The first-order valence-electron chi connectivity index (χ1n) is 7.57. The van der Waals surface area contributed by atoms with Crippen LogP contribution in [0.1, 0.15) is 50.1 Å². The van der Waals surface area contributed by atoms with Crippen LogP contribution in [0.4, 0.5) is 0 Å². The summed E-state index contributed by atoms with van der Waals surface area (Å²) in [5, 5.41) is 10.8. The lowest BCUT2D eigenvalue weighted by atomic mass is 9.79. The molecular formula is C17H27NO2. The van der Waals surface area contributed by atoms with Crippen LogP contribution < -0.4 is 4.74 Å². The van der Waals surface area contributed by atoms with Gasteiger partial charge in [0.2, 0.25) is 0 Å². The first-order chi connectivity index (χ1) is 9.54. The topological polar surface area (TPSA) is 32.7 Å². The highest BCUT2D eigenvalue weighted by atomic mass is 16.5. The highest BCUT2D eigenvalue weighted by Crippen LogP contribution is 2.37. The second-order valence-electron chi connectivity index (χ2n) is 6.24. The maximum absolute atomic E-state index is 10.8. The lowest BCUT2D eigenvalue weighted by Gasteiger charge is -2.37. The molecule has 0 amide bonds. The van der Waals surface area contributed by atoms with E-state index in [4.69, 9.17) is 4.74 Å². The molecule has 0 aromatic heterocycles. The van der Waals surface area contributed by atoms with Crippen molar-refractivity contribution in [1.29, 1.82) is 0 Å². The predicted octanol–water partition coefficient (Wildman–Crippen LogP) is 3.38. The minimum absolute atomic E-state index is 0.254. The Morgan fingerprint density at radius 2 is 1.75 bits per heavy atom. The van der Waals surface area contributed by atoms with Crippen molar-refractivity contribution < 1.29 is 9.84 Å². The minimum atomic E-state index is -0.493. The van der Waals surface area contributed by atoms with Crippen molar-refractivity contribution in [2.45, 2.75) is 50.2 Å². The Bertz CT molecular complexity index is 408. The molecule has 2 rings (SSSR count). The van der Waals surface area contributed by atoms with Crippen molar-refractivity contribution in [3.05, 3.63) is 29.8 Å². The number of nitrogens with zero attached hydrogens (tertiary/aromatic N) is 1. The lowest BCUT2D eigenvalue weighted by molar-refractivity contribution is -0.0227. The summed E-state index contributed by atoms with van der Waals surface area (Å²) in [6.45, 7) is 0. The molecule has 1 aromatic rings. The quantitative estimate of drug-likeness (QED) is 0.895. The average Bonchev–Trinajstić information content (AvgIpc) is 2.45. The summed E-state index contributed by atoms with van der Waals surface area (Å²) in [4.78, 5) is 2.20. The van der Waals surface area contributed by atoms with E-state index in [1.54, 1.807) is 7.11 Å². The average molecular weight is 277 g/mol. The van der Waals surface area contributed by atoms with E-state index in [-0.39, 0.29) is 6.04 Å². The molecular weight excluding hydrogens is 250 g/mol. The van der Waals surface area contributed by atoms with Crippen LogP contribution in [0.3, 0.4) is 0 Å². The van der Waals surface area contributed by atoms with E-state index in [0.717, 1.165) is 37.9 Å². The largest absolute Gasteiger partial charge is 0.497 e. The molecule has 112 valence electrons. The fraction of sp³-hybridized carbons (Fsp3) is 0.647. The number of ether oxygens (including phenoxy) is 1. The molecule has 1 fully saturated rings. The molecule has 0 unspecified atom stereocenters. The van der Waals surface area contributed by atoms with Gasteiger partial charge in [-0.3, -0.25) is 0 Å². The number of methoxy groups -OCH3 is 1. The molecule has 3 heteroatoms. The second kappa shape index (κ2) is 6.59. The molecule has 1 atom stereocenters. The van der Waals surface area contributed by atoms with Crippen LogP contribution in [0.2, 0.25) is 0 Å². The van der Waals surface area contributed by atoms with Crippen LogP contribution in [0.15, 0.2) is 24.3 Å². The third kappa shape index (κ3) is 3.74. The van der Waals surface area contributed by atoms with Gasteiger partial charge in [0.15, 0.2) is 0 Å². The van der Waals surface area contributed by atoms with Gasteiger partial charge in [-0.15, -0.1) is 0 Å². The molecule has 0 radical (unpaired) electrons. The molecule has 0 saturated heterocycles. The summed E-state index contributed by atoms with van der Waals surface area (Å²) in [6.07, 6.45) is 6.25. The highest BCUT2D eigenvalue weighted by Gasteiger charge is 2.33. The fourth-order valence-electron chi connectivity index (χ4n) is 3.20. The van der Waals surface area contributed by atoms with Crippen LogP contribution in [0.5, 0.6) is 5.75 Å². The summed E-state index contributed by atoms with van der Waals surface area (Å²) >= 11 is 0. The predicted molar refractivity (Wildman–Crippen MR) is 82.1 cm³/mol. The maximum Gasteiger partial charge on any atom is 0.118 e. The summed E-state index contributed by atoms with van der Waals surface area (Å²) in [5.74, 6) is 0.877. The maximum atomic E-state index is 10.8. The first kappa shape index (κ1) is 15.3. The molecule has 1 aliphatic rings. The zero-order chi connectivity index (χ0) is 14.6. The van der Waals surface area contributed by atoms with Gasteiger partial charge in [0.05, 0.1) is 12.7 Å². The lowest BCUT2D eigenvalue weighted by Crippen LogP contribution is -2.36. The van der Waals surface area contributed by atoms with Crippen LogP contribution in [0.25, 0.3) is 0 Å². The number of benzene rings is 1. The molecule has 0 bridgehead atoms. The number of hydrogen-bond acceptors (Lipinski definition) is 3. The van der Waals surface area contributed by atoms with Gasteiger partial charge in [0.1, 0.15) is 5.75 Å². The highest BCUT2D eigenvalue weighted by molar-refractivity contribution is 5.29. The second-order valence-corrected chi connectivity index (χ2v) is 6.24. The van der Waals surface area contributed by atoms with Crippen molar-refractivity contribution in [3.8, 4) is 5.75 Å². The third-order valence-corrected chi connectivity index (χ3v) is 4.48. The number of rotatable bonds is 5.